The molecule has 0 fully saturated rings. The molecule has 2 aromatic heterocycles. The topological polar surface area (TPSA) is 73.6 Å². The largest absolute Gasteiger partial charge is 0.493 e. The van der Waals surface area contributed by atoms with Gasteiger partial charge < -0.3 is 19.2 Å². The fraction of sp³-hybridized carbons (Fsp3) is 0.182. The number of ether oxygens (including phenoxy) is 2. The summed E-state index contributed by atoms with van der Waals surface area (Å²) in [6.07, 6.45) is 0.664. The number of fused-ring (bicyclic) bond motifs is 1. The second kappa shape index (κ2) is 8.36. The summed E-state index contributed by atoms with van der Waals surface area (Å²) < 4.78 is 17.4. The Hall–Kier alpha value is -3.32. The Balaban J connectivity index is 1.38. The summed E-state index contributed by atoms with van der Waals surface area (Å²) in [6.45, 7) is 0.478. The van der Waals surface area contributed by atoms with E-state index in [-0.39, 0.29) is 11.7 Å². The van der Waals surface area contributed by atoms with Crippen molar-refractivity contribution in [3.05, 3.63) is 65.9 Å². The Morgan fingerprint density at radius 2 is 1.90 bits per heavy atom. The molecule has 4 aromatic rings. The molecular formula is C22H20N2O4S. The van der Waals surface area contributed by atoms with Gasteiger partial charge in [-0.15, -0.1) is 11.3 Å². The van der Waals surface area contributed by atoms with Crippen molar-refractivity contribution in [3.63, 3.8) is 0 Å². The van der Waals surface area contributed by atoms with Crippen LogP contribution < -0.4 is 14.8 Å². The second-order valence-corrected chi connectivity index (χ2v) is 7.38. The van der Waals surface area contributed by atoms with Gasteiger partial charge in [-0.05, 0) is 48.4 Å². The van der Waals surface area contributed by atoms with Crippen LogP contribution in [0.25, 0.3) is 21.0 Å². The number of methoxy groups -OCH3 is 2. The number of aromatic nitrogens is 1. The summed E-state index contributed by atoms with van der Waals surface area (Å²) in [5.74, 6) is 1.96. The summed E-state index contributed by atoms with van der Waals surface area (Å²) in [5.41, 5.74) is 1.96. The molecule has 0 atom stereocenters. The Labute approximate surface area is 172 Å². The number of hydrogen-bond acceptors (Lipinski definition) is 6. The molecule has 0 radical (unpaired) electrons. The van der Waals surface area contributed by atoms with Gasteiger partial charge in [-0.3, -0.25) is 4.79 Å². The van der Waals surface area contributed by atoms with Crippen LogP contribution in [0.4, 0.5) is 0 Å². The lowest BCUT2D eigenvalue weighted by molar-refractivity contribution is 0.0927. The van der Waals surface area contributed by atoms with Crippen LogP contribution >= 0.6 is 11.3 Å². The van der Waals surface area contributed by atoms with Crippen molar-refractivity contribution < 1.29 is 18.7 Å². The van der Waals surface area contributed by atoms with Crippen LogP contribution in [0, 0.1) is 0 Å². The Bertz CT molecular complexity index is 1120. The molecule has 0 unspecified atom stereocenters. The van der Waals surface area contributed by atoms with E-state index >= 15 is 0 Å². The van der Waals surface area contributed by atoms with Crippen molar-refractivity contribution in [3.8, 4) is 22.3 Å². The van der Waals surface area contributed by atoms with Crippen LogP contribution in [-0.4, -0.2) is 31.7 Å². The van der Waals surface area contributed by atoms with E-state index in [4.69, 9.17) is 13.9 Å². The highest BCUT2D eigenvalue weighted by atomic mass is 32.1. The van der Waals surface area contributed by atoms with Gasteiger partial charge in [-0.2, -0.15) is 0 Å². The lowest BCUT2D eigenvalue weighted by Crippen LogP contribution is -2.25. The zero-order valence-electron chi connectivity index (χ0n) is 16.1. The van der Waals surface area contributed by atoms with Gasteiger partial charge in [0.15, 0.2) is 28.0 Å². The van der Waals surface area contributed by atoms with Gasteiger partial charge in [0.05, 0.1) is 24.4 Å². The lowest BCUT2D eigenvalue weighted by Gasteiger charge is -2.09. The number of benzene rings is 2. The SMILES string of the molecule is COc1ccc(CCNC(=O)c2ccc(-c3nc4ccccc4s3)o2)cc1OC. The van der Waals surface area contributed by atoms with Crippen molar-refractivity contribution >= 4 is 27.5 Å². The fourth-order valence-corrected chi connectivity index (χ4v) is 3.92. The summed E-state index contributed by atoms with van der Waals surface area (Å²) in [5, 5.41) is 3.64. The van der Waals surface area contributed by atoms with E-state index in [0.717, 1.165) is 20.8 Å². The summed E-state index contributed by atoms with van der Waals surface area (Å²) >= 11 is 1.54. The third kappa shape index (κ3) is 4.09. The van der Waals surface area contributed by atoms with E-state index in [9.17, 15) is 4.79 Å². The predicted octanol–water partition coefficient (Wildman–Crippen LogP) is 4.55. The number of nitrogens with zero attached hydrogens (tertiary/aromatic N) is 1. The number of rotatable bonds is 7. The van der Waals surface area contributed by atoms with Gasteiger partial charge >= 0.3 is 0 Å². The molecule has 2 aromatic carbocycles. The van der Waals surface area contributed by atoms with E-state index in [2.05, 4.69) is 10.3 Å². The van der Waals surface area contributed by atoms with E-state index in [1.165, 1.54) is 11.3 Å². The first-order valence-corrected chi connectivity index (χ1v) is 9.94. The normalized spacial score (nSPS) is 10.8. The quantitative estimate of drug-likeness (QED) is 0.486. The van der Waals surface area contributed by atoms with E-state index in [1.807, 2.05) is 42.5 Å². The first-order chi connectivity index (χ1) is 14.2. The predicted molar refractivity (Wildman–Crippen MR) is 113 cm³/mol. The van der Waals surface area contributed by atoms with Crippen LogP contribution in [0.1, 0.15) is 16.1 Å². The smallest absolute Gasteiger partial charge is 0.287 e. The van der Waals surface area contributed by atoms with Crippen LogP contribution in [0.15, 0.2) is 59.0 Å². The maximum Gasteiger partial charge on any atom is 0.287 e. The van der Waals surface area contributed by atoms with Gasteiger partial charge in [-0.25, -0.2) is 4.98 Å². The van der Waals surface area contributed by atoms with Crippen LogP contribution in [0.5, 0.6) is 11.5 Å². The summed E-state index contributed by atoms with van der Waals surface area (Å²) in [4.78, 5) is 17.0. The zero-order valence-corrected chi connectivity index (χ0v) is 16.9. The minimum Gasteiger partial charge on any atom is -0.493 e. The summed E-state index contributed by atoms with van der Waals surface area (Å²) in [6, 6.07) is 17.1. The van der Waals surface area contributed by atoms with Crippen molar-refractivity contribution in [1.29, 1.82) is 0 Å². The maximum atomic E-state index is 12.4. The van der Waals surface area contributed by atoms with E-state index < -0.39 is 0 Å². The number of furan rings is 1. The zero-order chi connectivity index (χ0) is 20.2. The molecule has 2 heterocycles. The Morgan fingerprint density at radius 3 is 2.69 bits per heavy atom. The maximum absolute atomic E-state index is 12.4. The van der Waals surface area contributed by atoms with Gasteiger partial charge in [-0.1, -0.05) is 18.2 Å². The molecule has 1 amide bonds. The van der Waals surface area contributed by atoms with Crippen molar-refractivity contribution in [2.24, 2.45) is 0 Å². The minimum absolute atomic E-state index is 0.252. The molecule has 0 spiro atoms. The molecule has 0 saturated carbocycles. The highest BCUT2D eigenvalue weighted by Crippen LogP contribution is 2.31. The molecule has 148 valence electrons. The van der Waals surface area contributed by atoms with Crippen LogP contribution in [0.3, 0.4) is 0 Å². The van der Waals surface area contributed by atoms with E-state index in [1.54, 1.807) is 26.4 Å². The molecule has 7 heteroatoms. The van der Waals surface area contributed by atoms with E-state index in [0.29, 0.717) is 30.2 Å². The number of nitrogens with one attached hydrogen (secondary N) is 1. The Morgan fingerprint density at radius 1 is 1.07 bits per heavy atom. The standard InChI is InChI=1S/C22H20N2O4S/c1-26-16-8-7-14(13-19(16)27-2)11-12-23-21(25)17-9-10-18(28-17)22-24-15-5-3-4-6-20(15)29-22/h3-10,13H,11-12H2,1-2H3,(H,23,25). The molecule has 29 heavy (non-hydrogen) atoms. The lowest BCUT2D eigenvalue weighted by atomic mass is 10.1. The Kier molecular flexibility index (Phi) is 5.48. The molecule has 0 saturated heterocycles. The van der Waals surface area contributed by atoms with Crippen LogP contribution in [0.2, 0.25) is 0 Å². The average Bonchev–Trinajstić information content (AvgIpc) is 3.40. The molecule has 1 N–H and O–H groups in total. The number of carbonyl (C=O) groups is 1. The fourth-order valence-electron chi connectivity index (χ4n) is 3.00. The van der Waals surface area contributed by atoms with Crippen molar-refractivity contribution in [2.45, 2.75) is 6.42 Å². The first kappa shape index (κ1) is 19.0. The third-order valence-corrected chi connectivity index (χ3v) is 5.53. The van der Waals surface area contributed by atoms with Gasteiger partial charge in [0.1, 0.15) is 0 Å². The van der Waals surface area contributed by atoms with Gasteiger partial charge in [0.2, 0.25) is 0 Å². The monoisotopic (exact) mass is 408 g/mol. The van der Waals surface area contributed by atoms with Crippen molar-refractivity contribution in [1.82, 2.24) is 10.3 Å². The molecule has 0 bridgehead atoms. The molecule has 4 rings (SSSR count). The summed E-state index contributed by atoms with van der Waals surface area (Å²) in [7, 11) is 3.20. The van der Waals surface area contributed by atoms with Gasteiger partial charge in [0, 0.05) is 6.54 Å². The second-order valence-electron chi connectivity index (χ2n) is 6.35. The van der Waals surface area contributed by atoms with Crippen molar-refractivity contribution in [2.75, 3.05) is 20.8 Å². The molecule has 0 aliphatic carbocycles. The minimum atomic E-state index is -0.252. The highest BCUT2D eigenvalue weighted by molar-refractivity contribution is 7.21. The average molecular weight is 408 g/mol. The number of para-hydroxylation sites is 1. The number of hydrogen-bond donors (Lipinski definition) is 1. The molecule has 0 aliphatic heterocycles. The number of carbonyl (C=O) groups excluding carboxylic acids is 1. The number of amides is 1. The highest BCUT2D eigenvalue weighted by Gasteiger charge is 2.15. The molecular weight excluding hydrogens is 388 g/mol. The first-order valence-electron chi connectivity index (χ1n) is 9.13. The number of thiazole rings is 1. The molecule has 6 nitrogen and oxygen atoms in total. The molecule has 0 aliphatic rings. The van der Waals surface area contributed by atoms with Gasteiger partial charge in [0.25, 0.3) is 5.91 Å². The third-order valence-electron chi connectivity index (χ3n) is 4.48. The van der Waals surface area contributed by atoms with Crippen LogP contribution in [-0.2, 0) is 6.42 Å².